The van der Waals surface area contributed by atoms with Gasteiger partial charge in [0.25, 0.3) is 0 Å². The van der Waals surface area contributed by atoms with Gasteiger partial charge in [-0.2, -0.15) is 0 Å². The van der Waals surface area contributed by atoms with Crippen molar-refractivity contribution < 1.29 is 5.11 Å². The summed E-state index contributed by atoms with van der Waals surface area (Å²) in [6, 6.07) is 10.4. The summed E-state index contributed by atoms with van der Waals surface area (Å²) in [7, 11) is 0. The highest BCUT2D eigenvalue weighted by atomic mass is 32.1. The van der Waals surface area contributed by atoms with E-state index in [1.807, 2.05) is 29.8 Å². The molecule has 0 bridgehead atoms. The molecule has 0 amide bonds. The molecule has 3 nitrogen and oxygen atoms in total. The molecule has 0 spiro atoms. The minimum Gasteiger partial charge on any atom is -0.395 e. The predicted octanol–water partition coefficient (Wildman–Crippen LogP) is 2.40. The fourth-order valence-electron chi connectivity index (χ4n) is 1.95. The van der Waals surface area contributed by atoms with E-state index in [2.05, 4.69) is 29.4 Å². The molecule has 2 aromatic rings. The third-order valence-corrected chi connectivity index (χ3v) is 3.81. The van der Waals surface area contributed by atoms with Crippen LogP contribution in [0.2, 0.25) is 0 Å². The number of aliphatic hydroxyl groups is 1. The fraction of sp³-hybridized carbons (Fsp3) is 0.357. The van der Waals surface area contributed by atoms with Gasteiger partial charge in [0, 0.05) is 17.6 Å². The van der Waals surface area contributed by atoms with Crippen LogP contribution in [0.15, 0.2) is 41.9 Å². The number of hydrogen-bond acceptors (Lipinski definition) is 4. The topological polar surface area (TPSA) is 45.1 Å². The lowest BCUT2D eigenvalue weighted by Gasteiger charge is -2.20. The van der Waals surface area contributed by atoms with Gasteiger partial charge in [-0.1, -0.05) is 30.3 Å². The smallest absolute Gasteiger partial charge is 0.109 e. The average Bonchev–Trinajstić information content (AvgIpc) is 2.93. The van der Waals surface area contributed by atoms with Gasteiger partial charge in [-0.3, -0.25) is 0 Å². The van der Waals surface area contributed by atoms with E-state index in [1.165, 1.54) is 5.56 Å². The molecule has 1 aromatic heterocycles. The van der Waals surface area contributed by atoms with E-state index < -0.39 is 0 Å². The molecule has 2 atom stereocenters. The second kappa shape index (κ2) is 6.64. The minimum absolute atomic E-state index is 0.0614. The lowest BCUT2D eigenvalue weighted by molar-refractivity contribution is 0.232. The second-order valence-electron chi connectivity index (χ2n) is 4.33. The average molecular weight is 262 g/mol. The first-order valence-corrected chi connectivity index (χ1v) is 6.97. The monoisotopic (exact) mass is 262 g/mol. The van der Waals surface area contributed by atoms with Gasteiger partial charge in [0.2, 0.25) is 0 Å². The first kappa shape index (κ1) is 13.2. The summed E-state index contributed by atoms with van der Waals surface area (Å²) >= 11 is 1.63. The lowest BCUT2D eigenvalue weighted by atomic mass is 10.1. The zero-order chi connectivity index (χ0) is 12.8. The summed E-state index contributed by atoms with van der Waals surface area (Å²) in [5, 5.41) is 15.9. The van der Waals surface area contributed by atoms with Crippen LogP contribution in [0.3, 0.4) is 0 Å². The Labute approximate surface area is 112 Å². The maximum atomic E-state index is 9.45. The van der Waals surface area contributed by atoms with Crippen LogP contribution in [0.25, 0.3) is 0 Å². The van der Waals surface area contributed by atoms with E-state index >= 15 is 0 Å². The van der Waals surface area contributed by atoms with Crippen LogP contribution in [0.5, 0.6) is 0 Å². The van der Waals surface area contributed by atoms with Gasteiger partial charge in [-0.25, -0.2) is 4.98 Å². The van der Waals surface area contributed by atoms with E-state index in [4.69, 9.17) is 0 Å². The fourth-order valence-corrected chi connectivity index (χ4v) is 2.60. The SMILES string of the molecule is CC(N[C@@H](CO)Cc1ccccc1)c1nccs1. The quantitative estimate of drug-likeness (QED) is 0.840. The van der Waals surface area contributed by atoms with Crippen molar-refractivity contribution in [2.75, 3.05) is 6.61 Å². The molecular weight excluding hydrogens is 244 g/mol. The van der Waals surface area contributed by atoms with E-state index in [-0.39, 0.29) is 18.7 Å². The molecule has 1 heterocycles. The van der Waals surface area contributed by atoms with Crippen molar-refractivity contribution in [1.82, 2.24) is 10.3 Å². The van der Waals surface area contributed by atoms with Crippen LogP contribution in [0, 0.1) is 0 Å². The van der Waals surface area contributed by atoms with Crippen molar-refractivity contribution in [3.05, 3.63) is 52.5 Å². The van der Waals surface area contributed by atoms with Gasteiger partial charge in [0.1, 0.15) is 5.01 Å². The Hall–Kier alpha value is -1.23. The molecule has 0 aliphatic rings. The summed E-state index contributed by atoms with van der Waals surface area (Å²) in [4.78, 5) is 4.28. The highest BCUT2D eigenvalue weighted by Gasteiger charge is 2.14. The first-order chi connectivity index (χ1) is 8.79. The number of aromatic nitrogens is 1. The molecule has 4 heteroatoms. The molecule has 1 aromatic carbocycles. The van der Waals surface area contributed by atoms with Crippen LogP contribution < -0.4 is 5.32 Å². The van der Waals surface area contributed by atoms with Gasteiger partial charge in [0.05, 0.1) is 12.6 Å². The number of aliphatic hydroxyl groups excluding tert-OH is 1. The lowest BCUT2D eigenvalue weighted by Crippen LogP contribution is -2.36. The molecule has 0 radical (unpaired) electrons. The van der Waals surface area contributed by atoms with Crippen molar-refractivity contribution >= 4 is 11.3 Å². The maximum Gasteiger partial charge on any atom is 0.109 e. The zero-order valence-corrected chi connectivity index (χ0v) is 11.2. The summed E-state index contributed by atoms with van der Waals surface area (Å²) in [5.74, 6) is 0. The Morgan fingerprint density at radius 1 is 1.33 bits per heavy atom. The van der Waals surface area contributed by atoms with Crippen LogP contribution in [-0.2, 0) is 6.42 Å². The summed E-state index contributed by atoms with van der Waals surface area (Å²) in [5.41, 5.74) is 1.23. The van der Waals surface area contributed by atoms with Crippen molar-refractivity contribution in [3.63, 3.8) is 0 Å². The Kier molecular flexibility index (Phi) is 4.87. The largest absolute Gasteiger partial charge is 0.395 e. The van der Waals surface area contributed by atoms with Crippen LogP contribution >= 0.6 is 11.3 Å². The molecule has 0 saturated carbocycles. The molecule has 96 valence electrons. The molecular formula is C14H18N2OS. The Bertz CT molecular complexity index is 444. The van der Waals surface area contributed by atoms with E-state index in [1.54, 1.807) is 11.3 Å². The van der Waals surface area contributed by atoms with Crippen molar-refractivity contribution in [1.29, 1.82) is 0 Å². The van der Waals surface area contributed by atoms with Gasteiger partial charge in [-0.15, -0.1) is 11.3 Å². The van der Waals surface area contributed by atoms with Gasteiger partial charge < -0.3 is 10.4 Å². The third kappa shape index (κ3) is 3.63. The number of hydrogen-bond donors (Lipinski definition) is 2. The Balaban J connectivity index is 1.93. The third-order valence-electron chi connectivity index (χ3n) is 2.85. The van der Waals surface area contributed by atoms with Crippen LogP contribution in [0.4, 0.5) is 0 Å². The van der Waals surface area contributed by atoms with Crippen molar-refractivity contribution in [2.24, 2.45) is 0 Å². The summed E-state index contributed by atoms with van der Waals surface area (Å²) in [6.07, 6.45) is 2.64. The van der Waals surface area contributed by atoms with Crippen LogP contribution in [0.1, 0.15) is 23.5 Å². The Morgan fingerprint density at radius 2 is 2.11 bits per heavy atom. The minimum atomic E-state index is 0.0614. The van der Waals surface area contributed by atoms with E-state index in [9.17, 15) is 5.11 Å². The number of nitrogens with one attached hydrogen (secondary N) is 1. The molecule has 0 aliphatic carbocycles. The molecule has 1 unspecified atom stereocenters. The molecule has 0 fully saturated rings. The van der Waals surface area contributed by atoms with Gasteiger partial charge >= 0.3 is 0 Å². The van der Waals surface area contributed by atoms with E-state index in [0.29, 0.717) is 0 Å². The summed E-state index contributed by atoms with van der Waals surface area (Å²) < 4.78 is 0. The standard InChI is InChI=1S/C14H18N2OS/c1-11(14-15-7-8-18-14)16-13(10-17)9-12-5-3-2-4-6-12/h2-8,11,13,16-17H,9-10H2,1H3/t11?,13-/m1/s1. The maximum absolute atomic E-state index is 9.45. The molecule has 2 rings (SSSR count). The highest BCUT2D eigenvalue weighted by molar-refractivity contribution is 7.09. The van der Waals surface area contributed by atoms with E-state index in [0.717, 1.165) is 11.4 Å². The number of rotatable bonds is 6. The zero-order valence-electron chi connectivity index (χ0n) is 10.4. The molecule has 0 saturated heterocycles. The van der Waals surface area contributed by atoms with Crippen molar-refractivity contribution in [2.45, 2.75) is 25.4 Å². The molecule has 0 aliphatic heterocycles. The highest BCUT2D eigenvalue weighted by Crippen LogP contribution is 2.16. The second-order valence-corrected chi connectivity index (χ2v) is 5.25. The molecule has 18 heavy (non-hydrogen) atoms. The first-order valence-electron chi connectivity index (χ1n) is 6.10. The van der Waals surface area contributed by atoms with Gasteiger partial charge in [0.15, 0.2) is 0 Å². The van der Waals surface area contributed by atoms with Crippen LogP contribution in [-0.4, -0.2) is 22.7 Å². The van der Waals surface area contributed by atoms with Gasteiger partial charge in [-0.05, 0) is 18.9 Å². The predicted molar refractivity (Wildman–Crippen MR) is 74.7 cm³/mol. The number of thiazole rings is 1. The number of benzene rings is 1. The summed E-state index contributed by atoms with van der Waals surface area (Å²) in [6.45, 7) is 2.21. The molecule has 2 N–H and O–H groups in total. The number of nitrogens with zero attached hydrogens (tertiary/aromatic N) is 1. The Morgan fingerprint density at radius 3 is 2.72 bits per heavy atom. The normalized spacial score (nSPS) is 14.3. The van der Waals surface area contributed by atoms with Crippen molar-refractivity contribution in [3.8, 4) is 0 Å².